The second kappa shape index (κ2) is 5.33. The summed E-state index contributed by atoms with van der Waals surface area (Å²) < 4.78 is 23.1. The zero-order valence-corrected chi connectivity index (χ0v) is 11.9. The molecule has 0 unspecified atom stereocenters. The van der Waals surface area contributed by atoms with Gasteiger partial charge in [-0.1, -0.05) is 35.9 Å². The zero-order chi connectivity index (χ0) is 14.0. The molecule has 0 amide bonds. The summed E-state index contributed by atoms with van der Waals surface area (Å²) in [4.78, 5) is 0.273. The number of halogens is 1. The van der Waals surface area contributed by atoms with Crippen molar-refractivity contribution in [3.8, 4) is 0 Å². The van der Waals surface area contributed by atoms with Crippen molar-refractivity contribution in [2.75, 3.05) is 6.26 Å². The first kappa shape index (κ1) is 14.1. The number of nitrogens with two attached hydrogens (primary N) is 1. The van der Waals surface area contributed by atoms with E-state index in [2.05, 4.69) is 0 Å². The minimum absolute atomic E-state index is 0.273. The molecule has 1 atom stereocenters. The van der Waals surface area contributed by atoms with E-state index in [0.29, 0.717) is 5.02 Å². The fourth-order valence-corrected chi connectivity index (χ4v) is 2.60. The van der Waals surface area contributed by atoms with Gasteiger partial charge in [0.2, 0.25) is 0 Å². The van der Waals surface area contributed by atoms with Gasteiger partial charge in [0.05, 0.1) is 10.9 Å². The number of hydrogen-bond acceptors (Lipinski definition) is 3. The fraction of sp³-hybridized carbons (Fsp3) is 0.143. The van der Waals surface area contributed by atoms with Gasteiger partial charge in [-0.15, -0.1) is 0 Å². The van der Waals surface area contributed by atoms with Crippen LogP contribution in [0.5, 0.6) is 0 Å². The third-order valence-corrected chi connectivity index (χ3v) is 4.24. The summed E-state index contributed by atoms with van der Waals surface area (Å²) in [7, 11) is -3.22. The van der Waals surface area contributed by atoms with Gasteiger partial charge in [0.15, 0.2) is 9.84 Å². The summed E-state index contributed by atoms with van der Waals surface area (Å²) in [6.45, 7) is 0. The average molecular weight is 296 g/mol. The minimum atomic E-state index is -3.22. The molecule has 0 aliphatic heterocycles. The lowest BCUT2D eigenvalue weighted by molar-refractivity contribution is 0.601. The van der Waals surface area contributed by atoms with Gasteiger partial charge in [-0.25, -0.2) is 8.42 Å². The number of benzene rings is 2. The highest BCUT2D eigenvalue weighted by Gasteiger charge is 2.12. The number of sulfone groups is 1. The van der Waals surface area contributed by atoms with Crippen LogP contribution in [0.25, 0.3) is 0 Å². The van der Waals surface area contributed by atoms with Gasteiger partial charge in [0.1, 0.15) is 0 Å². The van der Waals surface area contributed by atoms with Crippen molar-refractivity contribution in [3.63, 3.8) is 0 Å². The molecule has 3 nitrogen and oxygen atoms in total. The molecule has 0 fully saturated rings. The Balaban J connectivity index is 2.39. The molecule has 0 radical (unpaired) electrons. The monoisotopic (exact) mass is 295 g/mol. The highest BCUT2D eigenvalue weighted by Crippen LogP contribution is 2.23. The van der Waals surface area contributed by atoms with E-state index in [1.807, 2.05) is 18.2 Å². The molecule has 0 bridgehead atoms. The van der Waals surface area contributed by atoms with Gasteiger partial charge in [-0.3, -0.25) is 0 Å². The van der Waals surface area contributed by atoms with Crippen LogP contribution in [0, 0.1) is 0 Å². The van der Waals surface area contributed by atoms with E-state index in [1.54, 1.807) is 30.3 Å². The maximum atomic E-state index is 11.5. The van der Waals surface area contributed by atoms with Crippen molar-refractivity contribution < 1.29 is 8.42 Å². The van der Waals surface area contributed by atoms with Gasteiger partial charge in [-0.05, 0) is 35.4 Å². The quantitative estimate of drug-likeness (QED) is 0.947. The van der Waals surface area contributed by atoms with Crippen LogP contribution in [-0.2, 0) is 9.84 Å². The summed E-state index contributed by atoms with van der Waals surface area (Å²) in [5, 5.41) is 0.640. The van der Waals surface area contributed by atoms with E-state index in [-0.39, 0.29) is 10.9 Å². The molecule has 0 saturated carbocycles. The van der Waals surface area contributed by atoms with E-state index in [1.165, 1.54) is 6.26 Å². The zero-order valence-electron chi connectivity index (χ0n) is 10.4. The van der Waals surface area contributed by atoms with Crippen molar-refractivity contribution in [2.45, 2.75) is 10.9 Å². The molecule has 5 heteroatoms. The van der Waals surface area contributed by atoms with E-state index < -0.39 is 9.84 Å². The Hall–Kier alpha value is -1.36. The third-order valence-electron chi connectivity index (χ3n) is 2.87. The lowest BCUT2D eigenvalue weighted by Gasteiger charge is -2.13. The van der Waals surface area contributed by atoms with E-state index >= 15 is 0 Å². The summed E-state index contributed by atoms with van der Waals surface area (Å²) >= 11 is 5.83. The van der Waals surface area contributed by atoms with Crippen LogP contribution in [0.1, 0.15) is 17.2 Å². The van der Waals surface area contributed by atoms with Crippen molar-refractivity contribution in [1.29, 1.82) is 0 Å². The van der Waals surface area contributed by atoms with E-state index in [9.17, 15) is 8.42 Å². The van der Waals surface area contributed by atoms with Crippen molar-refractivity contribution >= 4 is 21.4 Å². The molecular formula is C14H14ClNO2S. The molecule has 0 heterocycles. The summed E-state index contributed by atoms with van der Waals surface area (Å²) in [6, 6.07) is 13.5. The molecule has 0 aliphatic rings. The SMILES string of the molecule is CS(=O)(=O)c1cccc([C@@H](N)c2ccc(Cl)cc2)c1. The summed E-state index contributed by atoms with van der Waals surface area (Å²) in [5.41, 5.74) is 7.78. The Kier molecular flexibility index (Phi) is 3.94. The molecule has 2 rings (SSSR count). The van der Waals surface area contributed by atoms with E-state index in [4.69, 9.17) is 17.3 Å². The fourth-order valence-electron chi connectivity index (χ4n) is 1.80. The highest BCUT2D eigenvalue weighted by molar-refractivity contribution is 7.90. The molecule has 100 valence electrons. The average Bonchev–Trinajstić information content (AvgIpc) is 2.38. The Morgan fingerprint density at radius 3 is 2.26 bits per heavy atom. The van der Waals surface area contributed by atoms with Crippen molar-refractivity contribution in [3.05, 3.63) is 64.7 Å². The minimum Gasteiger partial charge on any atom is -0.320 e. The molecule has 2 aromatic rings. The predicted octanol–water partition coefficient (Wildman–Crippen LogP) is 2.79. The van der Waals surface area contributed by atoms with Crippen molar-refractivity contribution in [1.82, 2.24) is 0 Å². The van der Waals surface area contributed by atoms with Gasteiger partial charge < -0.3 is 5.73 Å². The molecule has 2 N–H and O–H groups in total. The molecule has 2 aromatic carbocycles. The normalized spacial score (nSPS) is 13.2. The second-order valence-corrected chi connectivity index (χ2v) is 6.83. The largest absolute Gasteiger partial charge is 0.320 e. The molecule has 19 heavy (non-hydrogen) atoms. The predicted molar refractivity (Wildman–Crippen MR) is 77.0 cm³/mol. The summed E-state index contributed by atoms with van der Waals surface area (Å²) in [6.07, 6.45) is 1.18. The Morgan fingerprint density at radius 2 is 1.68 bits per heavy atom. The van der Waals surface area contributed by atoms with Crippen LogP contribution < -0.4 is 5.73 Å². The van der Waals surface area contributed by atoms with E-state index in [0.717, 1.165) is 11.1 Å². The van der Waals surface area contributed by atoms with Crippen LogP contribution in [-0.4, -0.2) is 14.7 Å². The standard InChI is InChI=1S/C14H14ClNO2S/c1-19(17,18)13-4-2-3-11(9-13)14(16)10-5-7-12(15)8-6-10/h2-9,14H,16H2,1H3/t14-/m0/s1. The molecule has 0 saturated heterocycles. The van der Waals surface area contributed by atoms with Crippen LogP contribution in [0.15, 0.2) is 53.4 Å². The third kappa shape index (κ3) is 3.35. The first-order valence-electron chi connectivity index (χ1n) is 5.69. The van der Waals surface area contributed by atoms with Gasteiger partial charge in [0.25, 0.3) is 0 Å². The molecule has 0 aliphatic carbocycles. The van der Waals surface area contributed by atoms with Gasteiger partial charge in [0, 0.05) is 11.3 Å². The first-order valence-corrected chi connectivity index (χ1v) is 7.96. The van der Waals surface area contributed by atoms with Crippen molar-refractivity contribution in [2.24, 2.45) is 5.73 Å². The number of rotatable bonds is 3. The lowest BCUT2D eigenvalue weighted by atomic mass is 10.00. The maximum Gasteiger partial charge on any atom is 0.175 e. The smallest absolute Gasteiger partial charge is 0.175 e. The molecule has 0 spiro atoms. The topological polar surface area (TPSA) is 60.2 Å². The summed E-state index contributed by atoms with van der Waals surface area (Å²) in [5.74, 6) is 0. The lowest BCUT2D eigenvalue weighted by Crippen LogP contribution is -2.12. The molecular weight excluding hydrogens is 282 g/mol. The maximum absolute atomic E-state index is 11.5. The number of hydrogen-bond donors (Lipinski definition) is 1. The second-order valence-electron chi connectivity index (χ2n) is 4.37. The van der Waals surface area contributed by atoms with Crippen LogP contribution >= 0.6 is 11.6 Å². The Labute approximate surface area is 117 Å². The van der Waals surface area contributed by atoms with Gasteiger partial charge in [-0.2, -0.15) is 0 Å². The first-order chi connectivity index (χ1) is 8.88. The van der Waals surface area contributed by atoms with Gasteiger partial charge >= 0.3 is 0 Å². The Morgan fingerprint density at radius 1 is 1.05 bits per heavy atom. The van der Waals surface area contributed by atoms with Crippen LogP contribution in [0.4, 0.5) is 0 Å². The van der Waals surface area contributed by atoms with Crippen LogP contribution in [0.3, 0.4) is 0 Å². The highest BCUT2D eigenvalue weighted by atomic mass is 35.5. The Bertz CT molecular complexity index is 681. The van der Waals surface area contributed by atoms with Crippen LogP contribution in [0.2, 0.25) is 5.02 Å². The molecule has 0 aromatic heterocycles.